The standard InChI is InChI=1S/C19H27NO4/c1-22-14-19(10-3-11-19)18(21)20-12-8-17(9-13-20)24-16-6-4-15(23-2)5-7-16/h4-7,17H,3,8-14H2,1-2H3. The third kappa shape index (κ3) is 3.51. The van der Waals surface area contributed by atoms with Crippen molar-refractivity contribution in [3.8, 4) is 11.5 Å². The Hall–Kier alpha value is -1.75. The summed E-state index contributed by atoms with van der Waals surface area (Å²) in [6, 6.07) is 7.66. The molecule has 0 spiro atoms. The normalized spacial score (nSPS) is 20.3. The van der Waals surface area contributed by atoms with E-state index in [4.69, 9.17) is 14.2 Å². The van der Waals surface area contributed by atoms with Crippen molar-refractivity contribution >= 4 is 5.91 Å². The van der Waals surface area contributed by atoms with Gasteiger partial charge < -0.3 is 19.1 Å². The second-order valence-corrected chi connectivity index (χ2v) is 6.85. The van der Waals surface area contributed by atoms with E-state index < -0.39 is 0 Å². The van der Waals surface area contributed by atoms with E-state index in [9.17, 15) is 4.79 Å². The molecule has 3 rings (SSSR count). The monoisotopic (exact) mass is 333 g/mol. The van der Waals surface area contributed by atoms with E-state index in [1.807, 2.05) is 29.2 Å². The van der Waals surface area contributed by atoms with Crippen molar-refractivity contribution in [2.75, 3.05) is 33.9 Å². The molecule has 1 amide bonds. The number of amides is 1. The van der Waals surface area contributed by atoms with Gasteiger partial charge in [0, 0.05) is 33.0 Å². The second-order valence-electron chi connectivity index (χ2n) is 6.85. The maximum absolute atomic E-state index is 12.8. The topological polar surface area (TPSA) is 48.0 Å². The van der Waals surface area contributed by atoms with Gasteiger partial charge in [-0.2, -0.15) is 0 Å². The van der Waals surface area contributed by atoms with Crippen LogP contribution in [-0.2, 0) is 9.53 Å². The van der Waals surface area contributed by atoms with Crippen LogP contribution in [0.5, 0.6) is 11.5 Å². The molecule has 0 radical (unpaired) electrons. The van der Waals surface area contributed by atoms with E-state index in [0.29, 0.717) is 6.61 Å². The summed E-state index contributed by atoms with van der Waals surface area (Å²) in [6.45, 7) is 2.09. The van der Waals surface area contributed by atoms with Crippen LogP contribution in [0.25, 0.3) is 0 Å². The number of carbonyl (C=O) groups excluding carboxylic acids is 1. The van der Waals surface area contributed by atoms with Crippen LogP contribution in [0, 0.1) is 5.41 Å². The molecule has 24 heavy (non-hydrogen) atoms. The molecule has 1 saturated heterocycles. The molecule has 5 heteroatoms. The minimum Gasteiger partial charge on any atom is -0.497 e. The van der Waals surface area contributed by atoms with Gasteiger partial charge in [0.15, 0.2) is 0 Å². The summed E-state index contributed by atoms with van der Waals surface area (Å²) >= 11 is 0. The van der Waals surface area contributed by atoms with Gasteiger partial charge in [-0.1, -0.05) is 6.42 Å². The van der Waals surface area contributed by atoms with Gasteiger partial charge in [0.05, 0.1) is 19.1 Å². The Kier molecular flexibility index (Phi) is 5.29. The van der Waals surface area contributed by atoms with Gasteiger partial charge in [-0.3, -0.25) is 4.79 Å². The van der Waals surface area contributed by atoms with Gasteiger partial charge in [-0.15, -0.1) is 0 Å². The number of piperidine rings is 1. The van der Waals surface area contributed by atoms with Crippen molar-refractivity contribution in [3.63, 3.8) is 0 Å². The lowest BCUT2D eigenvalue weighted by atomic mass is 9.68. The highest BCUT2D eigenvalue weighted by Gasteiger charge is 2.46. The third-order valence-corrected chi connectivity index (χ3v) is 5.28. The molecule has 132 valence electrons. The molecular weight excluding hydrogens is 306 g/mol. The van der Waals surface area contributed by atoms with Crippen molar-refractivity contribution in [2.45, 2.75) is 38.2 Å². The fourth-order valence-electron chi connectivity index (χ4n) is 3.66. The van der Waals surface area contributed by atoms with E-state index in [1.54, 1.807) is 14.2 Å². The zero-order valence-corrected chi connectivity index (χ0v) is 14.6. The van der Waals surface area contributed by atoms with Crippen LogP contribution in [0.1, 0.15) is 32.1 Å². The number of carbonyl (C=O) groups is 1. The van der Waals surface area contributed by atoms with Crippen LogP contribution in [0.2, 0.25) is 0 Å². The third-order valence-electron chi connectivity index (χ3n) is 5.28. The highest BCUT2D eigenvalue weighted by atomic mass is 16.5. The molecule has 5 nitrogen and oxygen atoms in total. The van der Waals surface area contributed by atoms with Crippen molar-refractivity contribution in [2.24, 2.45) is 5.41 Å². The van der Waals surface area contributed by atoms with E-state index in [1.165, 1.54) is 0 Å². The van der Waals surface area contributed by atoms with Crippen LogP contribution in [-0.4, -0.2) is 50.8 Å². The minimum atomic E-state index is -0.252. The van der Waals surface area contributed by atoms with Gasteiger partial charge >= 0.3 is 0 Å². The van der Waals surface area contributed by atoms with Gasteiger partial charge in [0.25, 0.3) is 0 Å². The zero-order chi connectivity index (χ0) is 17.0. The quantitative estimate of drug-likeness (QED) is 0.803. The first-order valence-electron chi connectivity index (χ1n) is 8.76. The van der Waals surface area contributed by atoms with Crippen LogP contribution >= 0.6 is 0 Å². The maximum atomic E-state index is 12.8. The second kappa shape index (κ2) is 7.43. The lowest BCUT2D eigenvalue weighted by Gasteiger charge is -2.44. The predicted molar refractivity (Wildman–Crippen MR) is 91.4 cm³/mol. The number of rotatable bonds is 6. The Balaban J connectivity index is 1.51. The minimum absolute atomic E-state index is 0.169. The summed E-state index contributed by atoms with van der Waals surface area (Å²) < 4.78 is 16.5. The molecule has 1 aromatic carbocycles. The Labute approximate surface area is 143 Å². The molecule has 1 heterocycles. The molecular formula is C19H27NO4. The first-order valence-corrected chi connectivity index (χ1v) is 8.76. The first-order chi connectivity index (χ1) is 11.7. The van der Waals surface area contributed by atoms with Crippen molar-refractivity contribution in [1.82, 2.24) is 4.90 Å². The summed E-state index contributed by atoms with van der Waals surface area (Å²) in [5.41, 5.74) is -0.252. The molecule has 0 N–H and O–H groups in total. The number of likely N-dealkylation sites (tertiary alicyclic amines) is 1. The van der Waals surface area contributed by atoms with Crippen molar-refractivity contribution in [1.29, 1.82) is 0 Å². The van der Waals surface area contributed by atoms with Crippen molar-refractivity contribution in [3.05, 3.63) is 24.3 Å². The largest absolute Gasteiger partial charge is 0.497 e. The molecule has 0 aromatic heterocycles. The smallest absolute Gasteiger partial charge is 0.231 e. The van der Waals surface area contributed by atoms with Crippen molar-refractivity contribution < 1.29 is 19.0 Å². The van der Waals surface area contributed by atoms with Gasteiger partial charge in [-0.25, -0.2) is 0 Å². The Morgan fingerprint density at radius 3 is 2.25 bits per heavy atom. The predicted octanol–water partition coefficient (Wildman–Crippen LogP) is 2.88. The molecule has 2 aliphatic rings. The van der Waals surface area contributed by atoms with Crippen LogP contribution in [0.3, 0.4) is 0 Å². The van der Waals surface area contributed by atoms with E-state index in [2.05, 4.69) is 0 Å². The average molecular weight is 333 g/mol. The molecule has 2 fully saturated rings. The van der Waals surface area contributed by atoms with Gasteiger partial charge in [-0.05, 0) is 37.1 Å². The maximum Gasteiger partial charge on any atom is 0.231 e. The SMILES string of the molecule is COCC1(C(=O)N2CCC(Oc3ccc(OC)cc3)CC2)CCC1. The summed E-state index contributed by atoms with van der Waals surface area (Å²) in [5.74, 6) is 1.96. The average Bonchev–Trinajstić information content (AvgIpc) is 2.59. The lowest BCUT2D eigenvalue weighted by molar-refractivity contribution is -0.154. The fourth-order valence-corrected chi connectivity index (χ4v) is 3.66. The fraction of sp³-hybridized carbons (Fsp3) is 0.632. The molecule has 1 aliphatic heterocycles. The Morgan fingerprint density at radius 2 is 1.75 bits per heavy atom. The van der Waals surface area contributed by atoms with Gasteiger partial charge in [0.1, 0.15) is 17.6 Å². The number of hydrogen-bond acceptors (Lipinski definition) is 4. The summed E-state index contributed by atoms with van der Waals surface area (Å²) in [4.78, 5) is 14.8. The molecule has 1 aliphatic carbocycles. The summed E-state index contributed by atoms with van der Waals surface area (Å²) in [7, 11) is 3.34. The molecule has 1 saturated carbocycles. The van der Waals surface area contributed by atoms with Crippen LogP contribution in [0.4, 0.5) is 0 Å². The first kappa shape index (κ1) is 17.1. The molecule has 0 atom stereocenters. The van der Waals surface area contributed by atoms with E-state index >= 15 is 0 Å². The Bertz CT molecular complexity index is 545. The number of benzene rings is 1. The molecule has 0 unspecified atom stereocenters. The number of nitrogens with zero attached hydrogens (tertiary/aromatic N) is 1. The Morgan fingerprint density at radius 1 is 1.12 bits per heavy atom. The lowest BCUT2D eigenvalue weighted by Crippen LogP contribution is -2.53. The summed E-state index contributed by atoms with van der Waals surface area (Å²) in [6.07, 6.45) is 4.97. The van der Waals surface area contributed by atoms with Crippen LogP contribution in [0.15, 0.2) is 24.3 Å². The highest BCUT2D eigenvalue weighted by Crippen LogP contribution is 2.43. The molecule has 1 aromatic rings. The zero-order valence-electron chi connectivity index (χ0n) is 14.6. The number of methoxy groups -OCH3 is 2. The number of ether oxygens (including phenoxy) is 3. The van der Waals surface area contributed by atoms with E-state index in [0.717, 1.165) is 56.7 Å². The molecule has 0 bridgehead atoms. The van der Waals surface area contributed by atoms with E-state index in [-0.39, 0.29) is 17.4 Å². The van der Waals surface area contributed by atoms with Gasteiger partial charge in [0.2, 0.25) is 5.91 Å². The summed E-state index contributed by atoms with van der Waals surface area (Å²) in [5, 5.41) is 0. The highest BCUT2D eigenvalue weighted by molar-refractivity contribution is 5.84. The van der Waals surface area contributed by atoms with Crippen LogP contribution < -0.4 is 9.47 Å². The number of hydrogen-bond donors (Lipinski definition) is 0.